The molecule has 0 aliphatic carbocycles. The molecule has 0 aliphatic heterocycles. The van der Waals surface area contributed by atoms with Crippen LogP contribution in [0.1, 0.15) is 19.3 Å². The van der Waals surface area contributed by atoms with Gasteiger partial charge in [-0.3, -0.25) is 0 Å². The molecule has 0 heterocycles. The van der Waals surface area contributed by atoms with E-state index in [1.54, 1.807) is 0 Å². The van der Waals surface area contributed by atoms with Crippen LogP contribution in [0.5, 0.6) is 0 Å². The number of hydrogen-bond donors (Lipinski definition) is 3. The Labute approximate surface area is 109 Å². The summed E-state index contributed by atoms with van der Waals surface area (Å²) in [5.74, 6) is 0. The predicted octanol–water partition coefficient (Wildman–Crippen LogP) is 1.99. The summed E-state index contributed by atoms with van der Waals surface area (Å²) in [4.78, 5) is 0. The number of rotatable bonds is 3. The standard InChI is InChI=1S/3C3H7O.2ClH.Ru/c3*1-2-3-4;;;/h3*4H,1-3H2;2*1H;/q3*-1;;;+2/p-2. The molecule has 0 rings (SSSR count). The van der Waals surface area contributed by atoms with Crippen LogP contribution in [0.4, 0.5) is 0 Å². The molecule has 0 aromatic rings. The zero-order chi connectivity index (χ0) is 12.9. The minimum atomic E-state index is -0.346. The van der Waals surface area contributed by atoms with Gasteiger partial charge in [-0.2, -0.15) is 19.3 Å². The Morgan fingerprint density at radius 2 is 0.800 bits per heavy atom. The third-order valence-corrected chi connectivity index (χ3v) is 0.474. The molecule has 100 valence electrons. The third kappa shape index (κ3) is 155. The maximum atomic E-state index is 7.81. The average Bonchev–Trinajstić information content (AvgIpc) is 2.30. The van der Waals surface area contributed by atoms with Crippen LogP contribution in [-0.2, 0) is 15.1 Å². The fraction of sp³-hybridized carbons (Fsp3) is 0.667. The predicted molar refractivity (Wildman–Crippen MR) is 62.9 cm³/mol. The van der Waals surface area contributed by atoms with E-state index in [4.69, 9.17) is 34.7 Å². The van der Waals surface area contributed by atoms with Crippen molar-refractivity contribution >= 4 is 19.4 Å². The second-order valence-electron chi connectivity index (χ2n) is 1.78. The summed E-state index contributed by atoms with van der Waals surface area (Å²) in [5.41, 5.74) is 0. The van der Waals surface area contributed by atoms with Gasteiger partial charge in [0.2, 0.25) is 0 Å². The van der Waals surface area contributed by atoms with Crippen molar-refractivity contribution in [2.45, 2.75) is 19.3 Å². The van der Waals surface area contributed by atoms with Crippen molar-refractivity contribution in [1.29, 1.82) is 0 Å². The molecule has 3 nitrogen and oxygen atoms in total. The van der Waals surface area contributed by atoms with Gasteiger partial charge in [0.25, 0.3) is 0 Å². The molecular formula is C9H21Cl2O3Ru-3. The van der Waals surface area contributed by atoms with Crippen molar-refractivity contribution in [2.24, 2.45) is 0 Å². The summed E-state index contributed by atoms with van der Waals surface area (Å²) in [6, 6.07) is 0. The molecule has 6 heteroatoms. The van der Waals surface area contributed by atoms with E-state index in [-0.39, 0.29) is 35.0 Å². The van der Waals surface area contributed by atoms with Gasteiger partial charge in [0.05, 0.1) is 0 Å². The molecule has 0 fully saturated rings. The van der Waals surface area contributed by atoms with Gasteiger partial charge in [-0.1, -0.05) is 0 Å². The van der Waals surface area contributed by atoms with Crippen molar-refractivity contribution in [3.8, 4) is 0 Å². The van der Waals surface area contributed by atoms with E-state index in [2.05, 4.69) is 20.8 Å². The molecule has 0 spiro atoms. The molecule has 0 aromatic heterocycles. The van der Waals surface area contributed by atoms with E-state index in [0.717, 1.165) is 0 Å². The summed E-state index contributed by atoms with van der Waals surface area (Å²) >= 11 is -0.346. The van der Waals surface area contributed by atoms with Crippen molar-refractivity contribution in [1.82, 2.24) is 0 Å². The Balaban J connectivity index is -0.0000000542. The Morgan fingerprint density at radius 1 is 0.733 bits per heavy atom. The van der Waals surface area contributed by atoms with E-state index in [0.29, 0.717) is 19.3 Å². The monoisotopic (exact) mass is 349 g/mol. The fourth-order valence-electron chi connectivity index (χ4n) is 0. The summed E-state index contributed by atoms with van der Waals surface area (Å²) in [5, 5.41) is 23.4. The minimum absolute atomic E-state index is 0.208. The average molecular weight is 349 g/mol. The molecule has 0 aliphatic rings. The Hall–Kier alpha value is 1.08. The SMILES string of the molecule is [CH2-]CCO.[CH2-]CCO.[CH2-]CCO.[Cl][Ru][Cl]. The van der Waals surface area contributed by atoms with Gasteiger partial charge >= 0.3 is 34.5 Å². The van der Waals surface area contributed by atoms with Crippen LogP contribution in [0.2, 0.25) is 0 Å². The number of aliphatic hydroxyl groups is 3. The molecule has 0 saturated carbocycles. The van der Waals surface area contributed by atoms with E-state index < -0.39 is 0 Å². The van der Waals surface area contributed by atoms with Gasteiger partial charge < -0.3 is 36.1 Å². The number of aliphatic hydroxyl groups excluding tert-OH is 3. The van der Waals surface area contributed by atoms with Crippen LogP contribution in [-0.4, -0.2) is 35.1 Å². The first kappa shape index (κ1) is 25.1. The zero-order valence-electron chi connectivity index (χ0n) is 8.82. The molecule has 0 aromatic carbocycles. The maximum absolute atomic E-state index is 7.81. The second-order valence-corrected chi connectivity index (χ2v) is 4.42. The third-order valence-electron chi connectivity index (χ3n) is 0.474. The van der Waals surface area contributed by atoms with Crippen LogP contribution < -0.4 is 0 Å². The Morgan fingerprint density at radius 3 is 0.800 bits per heavy atom. The quantitative estimate of drug-likeness (QED) is 0.539. The zero-order valence-corrected chi connectivity index (χ0v) is 12.1. The first-order valence-electron chi connectivity index (χ1n) is 4.22. The van der Waals surface area contributed by atoms with Crippen molar-refractivity contribution < 1.29 is 30.5 Å². The topological polar surface area (TPSA) is 60.7 Å². The fourth-order valence-corrected chi connectivity index (χ4v) is 0. The van der Waals surface area contributed by atoms with Crippen molar-refractivity contribution in [3.63, 3.8) is 0 Å². The van der Waals surface area contributed by atoms with Crippen molar-refractivity contribution in [3.05, 3.63) is 20.8 Å². The summed E-state index contributed by atoms with van der Waals surface area (Å²) in [7, 11) is 9.71. The first-order chi connectivity index (χ1) is 7.16. The molecule has 3 N–H and O–H groups in total. The van der Waals surface area contributed by atoms with Crippen molar-refractivity contribution in [2.75, 3.05) is 19.8 Å². The number of hydrogen-bond acceptors (Lipinski definition) is 3. The van der Waals surface area contributed by atoms with Crippen LogP contribution in [0.15, 0.2) is 0 Å². The van der Waals surface area contributed by atoms with Crippen LogP contribution >= 0.6 is 19.4 Å². The summed E-state index contributed by atoms with van der Waals surface area (Å²) in [6.45, 7) is 10.7. The van der Waals surface area contributed by atoms with E-state index in [1.165, 1.54) is 0 Å². The molecule has 0 atom stereocenters. The second kappa shape index (κ2) is 45.8. The molecule has 0 unspecified atom stereocenters. The van der Waals surface area contributed by atoms with Gasteiger partial charge in [0.1, 0.15) is 0 Å². The Kier molecular flexibility index (Phi) is 76.5. The van der Waals surface area contributed by atoms with Gasteiger partial charge in [-0.25, -0.2) is 0 Å². The van der Waals surface area contributed by atoms with Gasteiger partial charge in [-0.15, -0.1) is 0 Å². The molecule has 0 radical (unpaired) electrons. The van der Waals surface area contributed by atoms with E-state index >= 15 is 0 Å². The van der Waals surface area contributed by atoms with Gasteiger partial charge in [0.15, 0.2) is 0 Å². The summed E-state index contributed by atoms with van der Waals surface area (Å²) < 4.78 is 0. The normalized spacial score (nSPS) is 7.47. The molecule has 0 bridgehead atoms. The van der Waals surface area contributed by atoms with Crippen LogP contribution in [0.25, 0.3) is 0 Å². The first-order valence-corrected chi connectivity index (χ1v) is 8.69. The van der Waals surface area contributed by atoms with Gasteiger partial charge in [-0.05, 0) is 0 Å². The Bertz CT molecular complexity index is 47.1. The molecule has 0 amide bonds. The van der Waals surface area contributed by atoms with E-state index in [9.17, 15) is 0 Å². The number of halogens is 2. The van der Waals surface area contributed by atoms with Crippen LogP contribution in [0.3, 0.4) is 0 Å². The van der Waals surface area contributed by atoms with Crippen LogP contribution in [0, 0.1) is 20.8 Å². The van der Waals surface area contributed by atoms with Gasteiger partial charge in [0, 0.05) is 19.8 Å². The molecule has 0 saturated heterocycles. The van der Waals surface area contributed by atoms with E-state index in [1.807, 2.05) is 0 Å². The summed E-state index contributed by atoms with van der Waals surface area (Å²) in [6.07, 6.45) is 1.88. The molecule has 15 heavy (non-hydrogen) atoms. The molecular weight excluding hydrogens is 328 g/mol.